The Labute approximate surface area is 69.3 Å². The van der Waals surface area contributed by atoms with Crippen LogP contribution in [0, 0.1) is 0 Å². The molecule has 0 N–H and O–H groups in total. The maximum Gasteiger partial charge on any atom is 0.271 e. The van der Waals surface area contributed by atoms with E-state index in [0.29, 0.717) is 0 Å². The van der Waals surface area contributed by atoms with Crippen molar-refractivity contribution < 1.29 is 17.6 Å². The zero-order valence-corrected chi connectivity index (χ0v) is 7.13. The van der Waals surface area contributed by atoms with E-state index < -0.39 is 25.7 Å². The highest BCUT2D eigenvalue weighted by Crippen LogP contribution is 2.29. The highest BCUT2D eigenvalue weighted by atomic mass is 19.3. The van der Waals surface area contributed by atoms with Gasteiger partial charge in [0.1, 0.15) is 6.67 Å². The fourth-order valence-corrected chi connectivity index (χ4v) is 0.719. The first-order chi connectivity index (χ1) is 5.45. The minimum atomic E-state index is -3.20. The van der Waals surface area contributed by atoms with Gasteiger partial charge in [-0.05, 0) is 25.0 Å². The summed E-state index contributed by atoms with van der Waals surface area (Å²) in [6.45, 7) is 0.406. The summed E-state index contributed by atoms with van der Waals surface area (Å²) in [4.78, 5) is 0. The van der Waals surface area contributed by atoms with E-state index in [2.05, 4.69) is 0 Å². The molecular formula is C8H12F4. The molecule has 0 aromatic carbocycles. The number of hydrogen-bond donors (Lipinski definition) is 0. The molecule has 0 aliphatic heterocycles. The molecule has 0 saturated heterocycles. The molecule has 0 aliphatic carbocycles. The first kappa shape index (κ1) is 11.5. The van der Waals surface area contributed by atoms with Crippen molar-refractivity contribution in [2.24, 2.45) is 0 Å². The van der Waals surface area contributed by atoms with Gasteiger partial charge in [-0.2, -0.15) is 0 Å². The van der Waals surface area contributed by atoms with Gasteiger partial charge in [0.05, 0.1) is 6.67 Å². The van der Waals surface area contributed by atoms with Crippen LogP contribution in [0.2, 0.25) is 0 Å². The summed E-state index contributed by atoms with van der Waals surface area (Å²) in [5.41, 5.74) is -0.379. The fourth-order valence-electron chi connectivity index (χ4n) is 0.719. The van der Waals surface area contributed by atoms with Gasteiger partial charge in [0, 0.05) is 6.42 Å². The Morgan fingerprint density at radius 3 is 2.00 bits per heavy atom. The largest absolute Gasteiger partial charge is 0.271 e. The summed E-state index contributed by atoms with van der Waals surface area (Å²) >= 11 is 0. The van der Waals surface area contributed by atoms with Crippen LogP contribution in [0.4, 0.5) is 17.6 Å². The predicted molar refractivity (Wildman–Crippen MR) is 39.9 cm³/mol. The third-order valence-corrected chi connectivity index (χ3v) is 1.80. The van der Waals surface area contributed by atoms with E-state index in [9.17, 15) is 17.6 Å². The lowest BCUT2D eigenvalue weighted by molar-refractivity contribution is 0.0244. The van der Waals surface area contributed by atoms with E-state index >= 15 is 0 Å². The van der Waals surface area contributed by atoms with Gasteiger partial charge in [-0.3, -0.25) is 4.39 Å². The monoisotopic (exact) mass is 184 g/mol. The second kappa shape index (κ2) is 4.48. The molecule has 4 heteroatoms. The number of alkyl halides is 4. The van der Waals surface area contributed by atoms with Crippen LogP contribution in [0.3, 0.4) is 0 Å². The quantitative estimate of drug-likeness (QED) is 0.464. The molecule has 0 aromatic heterocycles. The normalized spacial score (nSPS) is 14.5. The molecule has 0 atom stereocenters. The van der Waals surface area contributed by atoms with Crippen molar-refractivity contribution >= 4 is 0 Å². The van der Waals surface area contributed by atoms with Crippen molar-refractivity contribution in [1.29, 1.82) is 0 Å². The van der Waals surface area contributed by atoms with Gasteiger partial charge < -0.3 is 0 Å². The minimum absolute atomic E-state index is 0.0200. The first-order valence-electron chi connectivity index (χ1n) is 3.62. The van der Waals surface area contributed by atoms with Crippen molar-refractivity contribution in [3.63, 3.8) is 0 Å². The standard InChI is InChI=1S/C8H12F4/c1-6(5-10)7(2)8(11,12)3-4-9/h3-5H2,1-2H3/b7-6-. The Kier molecular flexibility index (Phi) is 4.28. The average molecular weight is 184 g/mol. The van der Waals surface area contributed by atoms with E-state index in [1.165, 1.54) is 6.92 Å². The van der Waals surface area contributed by atoms with E-state index in [4.69, 9.17) is 0 Å². The van der Waals surface area contributed by atoms with Crippen LogP contribution in [-0.2, 0) is 0 Å². The molecule has 0 heterocycles. The zero-order valence-electron chi connectivity index (χ0n) is 7.13. The van der Waals surface area contributed by atoms with Crippen molar-refractivity contribution in [2.45, 2.75) is 26.2 Å². The number of allylic oxidation sites excluding steroid dienone is 2. The summed E-state index contributed by atoms with van der Waals surface area (Å²) in [5.74, 6) is -3.20. The predicted octanol–water partition coefficient (Wildman–Crippen LogP) is 3.29. The fraction of sp³-hybridized carbons (Fsp3) is 0.750. The van der Waals surface area contributed by atoms with Gasteiger partial charge in [-0.1, -0.05) is 0 Å². The van der Waals surface area contributed by atoms with Crippen LogP contribution in [0.25, 0.3) is 0 Å². The average Bonchev–Trinajstić information content (AvgIpc) is 2.01. The number of halogens is 4. The smallest absolute Gasteiger partial charge is 0.251 e. The molecule has 0 aliphatic rings. The van der Waals surface area contributed by atoms with E-state index in [1.807, 2.05) is 0 Å². The van der Waals surface area contributed by atoms with Gasteiger partial charge >= 0.3 is 0 Å². The van der Waals surface area contributed by atoms with Gasteiger partial charge in [0.25, 0.3) is 5.92 Å². The third-order valence-electron chi connectivity index (χ3n) is 1.80. The van der Waals surface area contributed by atoms with Crippen molar-refractivity contribution in [2.75, 3.05) is 13.3 Å². The second-order valence-electron chi connectivity index (χ2n) is 2.68. The Balaban J connectivity index is 4.53. The molecule has 0 unspecified atom stereocenters. The molecule has 0 amide bonds. The van der Waals surface area contributed by atoms with Crippen LogP contribution in [-0.4, -0.2) is 19.3 Å². The molecular weight excluding hydrogens is 172 g/mol. The summed E-state index contributed by atoms with van der Waals surface area (Å²) < 4.78 is 49.1. The minimum Gasteiger partial charge on any atom is -0.251 e. The molecule has 0 spiro atoms. The maximum atomic E-state index is 12.8. The van der Waals surface area contributed by atoms with Crippen LogP contribution in [0.5, 0.6) is 0 Å². The first-order valence-corrected chi connectivity index (χ1v) is 3.62. The summed E-state index contributed by atoms with van der Waals surface area (Å²) in [7, 11) is 0. The Bertz CT molecular complexity index is 172. The topological polar surface area (TPSA) is 0 Å². The van der Waals surface area contributed by atoms with Gasteiger partial charge in [0.15, 0.2) is 0 Å². The van der Waals surface area contributed by atoms with Crippen molar-refractivity contribution in [3.8, 4) is 0 Å². The highest BCUT2D eigenvalue weighted by molar-refractivity contribution is 5.17. The van der Waals surface area contributed by atoms with Crippen molar-refractivity contribution in [3.05, 3.63) is 11.1 Å². The molecule has 0 bridgehead atoms. The molecule has 0 rings (SSSR count). The van der Waals surface area contributed by atoms with Gasteiger partial charge in [0.2, 0.25) is 0 Å². The summed E-state index contributed by atoms with van der Waals surface area (Å²) in [6.07, 6.45) is -0.865. The number of hydrogen-bond acceptors (Lipinski definition) is 0. The van der Waals surface area contributed by atoms with E-state index in [1.54, 1.807) is 0 Å². The summed E-state index contributed by atoms with van der Waals surface area (Å²) in [5, 5.41) is 0. The molecule has 0 fully saturated rings. The lowest BCUT2D eigenvalue weighted by Gasteiger charge is -2.17. The third kappa shape index (κ3) is 2.83. The molecule has 0 aromatic rings. The van der Waals surface area contributed by atoms with E-state index in [0.717, 1.165) is 6.92 Å². The van der Waals surface area contributed by atoms with E-state index in [-0.39, 0.29) is 11.1 Å². The van der Waals surface area contributed by atoms with Crippen LogP contribution >= 0.6 is 0 Å². The summed E-state index contributed by atoms with van der Waals surface area (Å²) in [6, 6.07) is 0. The maximum absolute atomic E-state index is 12.8. The lowest BCUT2D eigenvalue weighted by Crippen LogP contribution is -2.20. The van der Waals surface area contributed by atoms with Crippen LogP contribution in [0.1, 0.15) is 20.3 Å². The van der Waals surface area contributed by atoms with Crippen LogP contribution < -0.4 is 0 Å². The Morgan fingerprint density at radius 2 is 1.67 bits per heavy atom. The van der Waals surface area contributed by atoms with Crippen LogP contribution in [0.15, 0.2) is 11.1 Å². The lowest BCUT2D eigenvalue weighted by atomic mass is 10.0. The molecule has 12 heavy (non-hydrogen) atoms. The highest BCUT2D eigenvalue weighted by Gasteiger charge is 2.31. The van der Waals surface area contributed by atoms with Gasteiger partial charge in [-0.25, -0.2) is 13.2 Å². The molecule has 0 nitrogen and oxygen atoms in total. The molecule has 0 radical (unpaired) electrons. The molecule has 72 valence electrons. The van der Waals surface area contributed by atoms with Gasteiger partial charge in [-0.15, -0.1) is 0 Å². The second-order valence-corrected chi connectivity index (χ2v) is 2.68. The van der Waals surface area contributed by atoms with Crippen molar-refractivity contribution in [1.82, 2.24) is 0 Å². The Morgan fingerprint density at radius 1 is 1.17 bits per heavy atom. The Hall–Kier alpha value is -0.540. The number of rotatable bonds is 4. The SMILES string of the molecule is C/C(CF)=C(\C)C(F)(F)CCF. The molecule has 0 saturated carbocycles. The zero-order chi connectivity index (χ0) is 9.78.